The molecule has 2 rings (SSSR count). The Morgan fingerprint density at radius 3 is 2.73 bits per heavy atom. The minimum atomic E-state index is 0.210. The number of carbonyl (C=O) groups excluding carboxylic acids is 1. The van der Waals surface area contributed by atoms with Gasteiger partial charge in [0.05, 0.1) is 0 Å². The molecule has 2 nitrogen and oxygen atoms in total. The van der Waals surface area contributed by atoms with Crippen LogP contribution in [0.3, 0.4) is 0 Å². The van der Waals surface area contributed by atoms with Crippen molar-refractivity contribution in [3.8, 4) is 0 Å². The van der Waals surface area contributed by atoms with Gasteiger partial charge in [-0.1, -0.05) is 6.07 Å². The van der Waals surface area contributed by atoms with Crippen molar-refractivity contribution in [2.75, 3.05) is 0 Å². The van der Waals surface area contributed by atoms with Gasteiger partial charge in [0.15, 0.2) is 0 Å². The number of benzene rings is 1. The quantitative estimate of drug-likeness (QED) is 0.732. The molecular formula is C13H15NO. The third kappa shape index (κ3) is 1.80. The Morgan fingerprint density at radius 2 is 2.07 bits per heavy atom. The van der Waals surface area contributed by atoms with E-state index in [0.717, 1.165) is 5.56 Å². The van der Waals surface area contributed by atoms with Gasteiger partial charge >= 0.3 is 0 Å². The second-order valence-electron chi connectivity index (χ2n) is 4.12. The van der Waals surface area contributed by atoms with Gasteiger partial charge < -0.3 is 4.57 Å². The highest BCUT2D eigenvalue weighted by atomic mass is 16.1. The number of rotatable bonds is 2. The van der Waals surface area contributed by atoms with Crippen LogP contribution >= 0.6 is 0 Å². The van der Waals surface area contributed by atoms with Crippen LogP contribution in [-0.4, -0.2) is 10.4 Å². The Balaban J connectivity index is 2.52. The van der Waals surface area contributed by atoms with E-state index in [1.54, 1.807) is 6.92 Å². The molecule has 0 atom stereocenters. The summed E-state index contributed by atoms with van der Waals surface area (Å²) in [5.41, 5.74) is 3.56. The van der Waals surface area contributed by atoms with Gasteiger partial charge in [-0.15, -0.1) is 0 Å². The smallest absolute Gasteiger partial charge is 0.134 e. The van der Waals surface area contributed by atoms with Gasteiger partial charge in [-0.3, -0.25) is 4.79 Å². The van der Waals surface area contributed by atoms with E-state index in [0.29, 0.717) is 6.42 Å². The Hall–Kier alpha value is -1.57. The van der Waals surface area contributed by atoms with Gasteiger partial charge in [-0.2, -0.15) is 0 Å². The van der Waals surface area contributed by atoms with E-state index in [1.165, 1.54) is 16.6 Å². The van der Waals surface area contributed by atoms with E-state index in [2.05, 4.69) is 36.7 Å². The SMILES string of the molecule is CC(=O)Cc1ccc2c(c1)cc(C)n2C. The molecule has 0 aliphatic carbocycles. The summed E-state index contributed by atoms with van der Waals surface area (Å²) in [6, 6.07) is 8.37. The molecule has 1 aromatic heterocycles. The molecule has 0 N–H and O–H groups in total. The second kappa shape index (κ2) is 3.54. The lowest BCUT2D eigenvalue weighted by Gasteiger charge is -2.00. The fraction of sp³-hybridized carbons (Fsp3) is 0.308. The van der Waals surface area contributed by atoms with Crippen molar-refractivity contribution in [1.29, 1.82) is 0 Å². The van der Waals surface area contributed by atoms with E-state index in [9.17, 15) is 4.79 Å². The lowest BCUT2D eigenvalue weighted by atomic mass is 10.1. The van der Waals surface area contributed by atoms with Gasteiger partial charge in [-0.05, 0) is 37.6 Å². The molecule has 0 aliphatic heterocycles. The third-order valence-corrected chi connectivity index (χ3v) is 2.80. The number of aromatic nitrogens is 1. The Morgan fingerprint density at radius 1 is 1.33 bits per heavy atom. The highest BCUT2D eigenvalue weighted by molar-refractivity contribution is 5.84. The van der Waals surface area contributed by atoms with E-state index >= 15 is 0 Å². The summed E-state index contributed by atoms with van der Waals surface area (Å²) >= 11 is 0. The predicted octanol–water partition coefficient (Wildman–Crippen LogP) is 2.62. The molecule has 0 radical (unpaired) electrons. The molecule has 1 heterocycles. The first-order valence-corrected chi connectivity index (χ1v) is 5.12. The number of hydrogen-bond donors (Lipinski definition) is 0. The number of fused-ring (bicyclic) bond motifs is 1. The molecule has 0 unspecified atom stereocenters. The monoisotopic (exact) mass is 201 g/mol. The summed E-state index contributed by atoms with van der Waals surface area (Å²) in [6.45, 7) is 3.71. The van der Waals surface area contributed by atoms with Crippen LogP contribution in [0.1, 0.15) is 18.2 Å². The molecule has 1 aromatic carbocycles. The average Bonchev–Trinajstić information content (AvgIpc) is 2.41. The summed E-state index contributed by atoms with van der Waals surface area (Å²) in [5, 5.41) is 1.22. The van der Waals surface area contributed by atoms with Crippen molar-refractivity contribution in [2.24, 2.45) is 7.05 Å². The van der Waals surface area contributed by atoms with Crippen LogP contribution < -0.4 is 0 Å². The standard InChI is InChI=1S/C13H15NO/c1-9-6-12-8-11(7-10(2)15)4-5-13(12)14(9)3/h4-6,8H,7H2,1-3H3. The minimum absolute atomic E-state index is 0.210. The zero-order chi connectivity index (χ0) is 11.0. The molecule has 0 saturated carbocycles. The zero-order valence-corrected chi connectivity index (χ0v) is 9.37. The van der Waals surface area contributed by atoms with E-state index in [4.69, 9.17) is 0 Å². The first-order chi connectivity index (χ1) is 7.08. The van der Waals surface area contributed by atoms with Crippen LogP contribution in [0.2, 0.25) is 0 Å². The summed E-state index contributed by atoms with van der Waals surface area (Å²) in [6.07, 6.45) is 0.532. The van der Waals surface area contributed by atoms with Crippen LogP contribution in [-0.2, 0) is 18.3 Å². The van der Waals surface area contributed by atoms with Gasteiger partial charge in [0.25, 0.3) is 0 Å². The number of aryl methyl sites for hydroxylation is 2. The zero-order valence-electron chi connectivity index (χ0n) is 9.37. The number of Topliss-reactive ketones (excluding diaryl/α,β-unsaturated/α-hetero) is 1. The maximum Gasteiger partial charge on any atom is 0.134 e. The average molecular weight is 201 g/mol. The molecule has 0 bridgehead atoms. The fourth-order valence-corrected chi connectivity index (χ4v) is 1.93. The van der Waals surface area contributed by atoms with E-state index < -0.39 is 0 Å². The first-order valence-electron chi connectivity index (χ1n) is 5.12. The summed E-state index contributed by atoms with van der Waals surface area (Å²) < 4.78 is 2.16. The highest BCUT2D eigenvalue weighted by Gasteiger charge is 2.04. The molecule has 2 heteroatoms. The maximum absolute atomic E-state index is 11.0. The van der Waals surface area contributed by atoms with Crippen molar-refractivity contribution in [3.05, 3.63) is 35.5 Å². The number of ketones is 1. The van der Waals surface area contributed by atoms with Crippen LogP contribution in [0.5, 0.6) is 0 Å². The molecule has 15 heavy (non-hydrogen) atoms. The molecule has 0 spiro atoms. The van der Waals surface area contributed by atoms with E-state index in [-0.39, 0.29) is 5.78 Å². The molecular weight excluding hydrogens is 186 g/mol. The van der Waals surface area contributed by atoms with Crippen LogP contribution in [0.4, 0.5) is 0 Å². The van der Waals surface area contributed by atoms with Crippen molar-refractivity contribution in [1.82, 2.24) is 4.57 Å². The normalized spacial score (nSPS) is 10.9. The topological polar surface area (TPSA) is 22.0 Å². The van der Waals surface area contributed by atoms with Crippen molar-refractivity contribution >= 4 is 16.7 Å². The van der Waals surface area contributed by atoms with Crippen LogP contribution in [0, 0.1) is 6.92 Å². The van der Waals surface area contributed by atoms with Gasteiger partial charge in [0, 0.05) is 30.1 Å². The van der Waals surface area contributed by atoms with Crippen molar-refractivity contribution in [3.63, 3.8) is 0 Å². The molecule has 0 amide bonds. The second-order valence-corrected chi connectivity index (χ2v) is 4.12. The predicted molar refractivity (Wildman–Crippen MR) is 62.0 cm³/mol. The summed E-state index contributed by atoms with van der Waals surface area (Å²) in [4.78, 5) is 11.0. The Bertz CT molecular complexity index is 523. The largest absolute Gasteiger partial charge is 0.348 e. The van der Waals surface area contributed by atoms with Gasteiger partial charge in [-0.25, -0.2) is 0 Å². The molecule has 0 saturated heterocycles. The molecule has 0 fully saturated rings. The fourth-order valence-electron chi connectivity index (χ4n) is 1.93. The first kappa shape index (κ1) is 9.97. The number of hydrogen-bond acceptors (Lipinski definition) is 1. The summed E-state index contributed by atoms with van der Waals surface area (Å²) in [7, 11) is 2.06. The lowest BCUT2D eigenvalue weighted by molar-refractivity contribution is -0.116. The van der Waals surface area contributed by atoms with Crippen molar-refractivity contribution < 1.29 is 4.79 Å². The van der Waals surface area contributed by atoms with Crippen LogP contribution in [0.25, 0.3) is 10.9 Å². The Kier molecular flexibility index (Phi) is 2.35. The Labute approximate surface area is 89.5 Å². The number of nitrogens with zero attached hydrogens (tertiary/aromatic N) is 1. The van der Waals surface area contributed by atoms with E-state index in [1.807, 2.05) is 6.07 Å². The van der Waals surface area contributed by atoms with Gasteiger partial charge in [0.1, 0.15) is 5.78 Å². The van der Waals surface area contributed by atoms with Crippen molar-refractivity contribution in [2.45, 2.75) is 20.3 Å². The lowest BCUT2D eigenvalue weighted by Crippen LogP contribution is -1.96. The minimum Gasteiger partial charge on any atom is -0.348 e. The van der Waals surface area contributed by atoms with Crippen LogP contribution in [0.15, 0.2) is 24.3 Å². The maximum atomic E-state index is 11.0. The highest BCUT2D eigenvalue weighted by Crippen LogP contribution is 2.20. The van der Waals surface area contributed by atoms with Gasteiger partial charge in [0.2, 0.25) is 0 Å². The third-order valence-electron chi connectivity index (χ3n) is 2.80. The molecule has 0 aliphatic rings. The molecule has 78 valence electrons. The summed E-state index contributed by atoms with van der Waals surface area (Å²) in [5.74, 6) is 0.210. The number of carbonyl (C=O) groups is 1. The molecule has 2 aromatic rings.